The second-order valence-corrected chi connectivity index (χ2v) is 2.42. The fraction of sp³-hybridized carbons (Fsp3) is 0. The Balaban J connectivity index is 0.00000196. The van der Waals surface area contributed by atoms with E-state index in [0.29, 0.717) is 6.07 Å². The normalized spacial score (nSPS) is 9.13. The molecule has 0 aromatic heterocycles. The number of nitro benzene ring substituents is 1. The maximum absolute atomic E-state index is 12.9. The summed E-state index contributed by atoms with van der Waals surface area (Å²) >= 11 is 0. The van der Waals surface area contributed by atoms with Gasteiger partial charge in [-0.3, -0.25) is 10.1 Å². The molecule has 82 valence electrons. The summed E-state index contributed by atoms with van der Waals surface area (Å²) in [5.41, 5.74) is 2.95. The quantitative estimate of drug-likeness (QED) is 0.459. The minimum atomic E-state index is -1.64. The van der Waals surface area contributed by atoms with Crippen molar-refractivity contribution < 1.29 is 19.2 Å². The van der Waals surface area contributed by atoms with Crippen LogP contribution in [0.5, 0.6) is 0 Å². The zero-order chi connectivity index (χ0) is 10.9. The van der Waals surface area contributed by atoms with Gasteiger partial charge in [-0.15, -0.1) is 12.4 Å². The number of nitro groups is 1. The Bertz CT molecular complexity index is 424. The van der Waals surface area contributed by atoms with Crippen LogP contribution >= 0.6 is 12.4 Å². The van der Waals surface area contributed by atoms with Crippen molar-refractivity contribution in [2.45, 2.75) is 0 Å². The smallest absolute Gasteiger partial charge is 0.341 e. The maximum atomic E-state index is 12.9. The Morgan fingerprint density at radius 3 is 2.47 bits per heavy atom. The Labute approximate surface area is 89.1 Å². The molecule has 0 fully saturated rings. The molecule has 0 atom stereocenters. The molecule has 1 aromatic rings. The monoisotopic (exact) mass is 236 g/mol. The Hall–Kier alpha value is -1.89. The van der Waals surface area contributed by atoms with E-state index in [1.165, 1.54) is 0 Å². The van der Waals surface area contributed by atoms with E-state index in [0.717, 1.165) is 6.07 Å². The summed E-state index contributed by atoms with van der Waals surface area (Å²) < 4.78 is 12.9. The van der Waals surface area contributed by atoms with Gasteiger partial charge in [0, 0.05) is 6.07 Å². The molecule has 0 aliphatic heterocycles. The van der Waals surface area contributed by atoms with Gasteiger partial charge in [-0.25, -0.2) is 9.18 Å². The largest absolute Gasteiger partial charge is 0.478 e. The van der Waals surface area contributed by atoms with E-state index in [2.05, 4.69) is 0 Å². The van der Waals surface area contributed by atoms with Crippen molar-refractivity contribution in [3.05, 3.63) is 33.6 Å². The molecule has 0 bridgehead atoms. The zero-order valence-electron chi connectivity index (χ0n) is 7.14. The van der Waals surface area contributed by atoms with Crippen LogP contribution in [0.3, 0.4) is 0 Å². The summed E-state index contributed by atoms with van der Waals surface area (Å²) in [6.07, 6.45) is 0. The number of carbonyl (C=O) groups is 1. The van der Waals surface area contributed by atoms with Crippen molar-refractivity contribution in [1.29, 1.82) is 0 Å². The molecule has 8 heteroatoms. The van der Waals surface area contributed by atoms with Crippen LogP contribution in [-0.2, 0) is 0 Å². The average molecular weight is 237 g/mol. The number of carboxylic acid groups (broad SMARTS) is 1. The van der Waals surface area contributed by atoms with E-state index in [9.17, 15) is 19.3 Å². The predicted molar refractivity (Wildman–Crippen MR) is 51.7 cm³/mol. The second kappa shape index (κ2) is 4.56. The minimum absolute atomic E-state index is 0. The molecular weight excluding hydrogens is 231 g/mol. The lowest BCUT2D eigenvalue weighted by Gasteiger charge is -2.02. The summed E-state index contributed by atoms with van der Waals surface area (Å²) in [6, 6.07) is 1.51. The summed E-state index contributed by atoms with van der Waals surface area (Å²) in [5, 5.41) is 18.8. The number of hydrogen-bond donors (Lipinski definition) is 2. The lowest BCUT2D eigenvalue weighted by molar-refractivity contribution is -0.384. The number of nitrogen functional groups attached to an aromatic ring is 1. The highest BCUT2D eigenvalue weighted by Crippen LogP contribution is 2.26. The van der Waals surface area contributed by atoms with Gasteiger partial charge in [-0.2, -0.15) is 0 Å². The van der Waals surface area contributed by atoms with Crippen LogP contribution < -0.4 is 5.73 Å². The minimum Gasteiger partial charge on any atom is -0.478 e. The highest BCUT2D eigenvalue weighted by Gasteiger charge is 2.22. The molecule has 0 radical (unpaired) electrons. The molecular formula is C7H6ClFN2O4. The van der Waals surface area contributed by atoms with E-state index in [1.54, 1.807) is 0 Å². The number of halogens is 2. The van der Waals surface area contributed by atoms with Crippen molar-refractivity contribution in [1.82, 2.24) is 0 Å². The second-order valence-electron chi connectivity index (χ2n) is 2.42. The van der Waals surface area contributed by atoms with Crippen LogP contribution in [0.2, 0.25) is 0 Å². The van der Waals surface area contributed by atoms with Gasteiger partial charge < -0.3 is 10.8 Å². The van der Waals surface area contributed by atoms with Crippen LogP contribution in [0.1, 0.15) is 10.4 Å². The maximum Gasteiger partial charge on any atom is 0.341 e. The van der Waals surface area contributed by atoms with E-state index >= 15 is 0 Å². The Morgan fingerprint density at radius 2 is 2.07 bits per heavy atom. The van der Waals surface area contributed by atoms with E-state index in [-0.39, 0.29) is 12.4 Å². The number of rotatable bonds is 2. The third-order valence-electron chi connectivity index (χ3n) is 1.58. The third kappa shape index (κ3) is 2.32. The number of nitrogens with zero attached hydrogens (tertiary/aromatic N) is 1. The van der Waals surface area contributed by atoms with Crippen molar-refractivity contribution in [2.75, 3.05) is 5.73 Å². The Morgan fingerprint density at radius 1 is 1.53 bits per heavy atom. The molecule has 1 rings (SSSR count). The van der Waals surface area contributed by atoms with Gasteiger partial charge in [-0.1, -0.05) is 0 Å². The number of hydrogen-bond acceptors (Lipinski definition) is 4. The Kier molecular flexibility index (Phi) is 3.98. The SMILES string of the molecule is Cl.Nc1c([N+](=O)[O-])ccc(F)c1C(=O)O. The lowest BCUT2D eigenvalue weighted by atomic mass is 10.1. The molecule has 15 heavy (non-hydrogen) atoms. The van der Waals surface area contributed by atoms with Crippen molar-refractivity contribution >= 4 is 29.8 Å². The van der Waals surface area contributed by atoms with Gasteiger partial charge >= 0.3 is 5.97 Å². The van der Waals surface area contributed by atoms with Crippen molar-refractivity contribution in [3.8, 4) is 0 Å². The van der Waals surface area contributed by atoms with Gasteiger partial charge in [0.05, 0.1) is 4.92 Å². The first-order valence-corrected chi connectivity index (χ1v) is 3.40. The van der Waals surface area contributed by atoms with E-state index in [4.69, 9.17) is 10.8 Å². The highest BCUT2D eigenvalue weighted by molar-refractivity contribution is 5.96. The predicted octanol–water partition coefficient (Wildman–Crippen LogP) is 1.44. The van der Waals surface area contributed by atoms with Gasteiger partial charge in [0.15, 0.2) is 0 Å². The summed E-state index contributed by atoms with van der Waals surface area (Å²) in [7, 11) is 0. The lowest BCUT2D eigenvalue weighted by Crippen LogP contribution is -2.08. The average Bonchev–Trinajstić information content (AvgIpc) is 2.02. The van der Waals surface area contributed by atoms with Crippen LogP contribution in [0.15, 0.2) is 12.1 Å². The van der Waals surface area contributed by atoms with Crippen LogP contribution in [0.4, 0.5) is 15.8 Å². The first-order chi connectivity index (χ1) is 6.45. The number of aromatic carboxylic acids is 1. The molecule has 0 aliphatic carbocycles. The van der Waals surface area contributed by atoms with Crippen LogP contribution in [0, 0.1) is 15.9 Å². The van der Waals surface area contributed by atoms with Crippen molar-refractivity contribution in [3.63, 3.8) is 0 Å². The van der Waals surface area contributed by atoms with Gasteiger partial charge in [-0.05, 0) is 6.07 Å². The topological polar surface area (TPSA) is 106 Å². The zero-order valence-corrected chi connectivity index (χ0v) is 7.95. The summed E-state index contributed by atoms with van der Waals surface area (Å²) in [5.74, 6) is -2.73. The summed E-state index contributed by atoms with van der Waals surface area (Å²) in [6.45, 7) is 0. The van der Waals surface area contributed by atoms with E-state index < -0.39 is 33.6 Å². The molecule has 0 saturated heterocycles. The van der Waals surface area contributed by atoms with Crippen LogP contribution in [-0.4, -0.2) is 16.0 Å². The first kappa shape index (κ1) is 13.1. The number of nitrogens with two attached hydrogens (primary N) is 1. The number of benzene rings is 1. The first-order valence-electron chi connectivity index (χ1n) is 3.40. The molecule has 0 amide bonds. The number of carboxylic acids is 1. The number of anilines is 1. The fourth-order valence-corrected chi connectivity index (χ4v) is 0.958. The van der Waals surface area contributed by atoms with E-state index in [1.807, 2.05) is 0 Å². The molecule has 1 aromatic carbocycles. The molecule has 0 heterocycles. The fourth-order valence-electron chi connectivity index (χ4n) is 0.958. The van der Waals surface area contributed by atoms with Crippen molar-refractivity contribution in [2.24, 2.45) is 0 Å². The highest BCUT2D eigenvalue weighted by atomic mass is 35.5. The van der Waals surface area contributed by atoms with Gasteiger partial charge in [0.2, 0.25) is 0 Å². The molecule has 6 nitrogen and oxygen atoms in total. The van der Waals surface area contributed by atoms with Gasteiger partial charge in [0.1, 0.15) is 17.1 Å². The molecule has 0 spiro atoms. The molecule has 0 saturated carbocycles. The standard InChI is InChI=1S/C7H5FN2O4.ClH/c8-3-1-2-4(10(13)14)6(9)5(3)7(11)12;/h1-2H,9H2,(H,11,12);1H. The summed E-state index contributed by atoms with van der Waals surface area (Å²) in [4.78, 5) is 19.9. The van der Waals surface area contributed by atoms with Gasteiger partial charge in [0.25, 0.3) is 5.69 Å². The molecule has 3 N–H and O–H groups in total. The third-order valence-corrected chi connectivity index (χ3v) is 1.58. The van der Waals surface area contributed by atoms with Crippen LogP contribution in [0.25, 0.3) is 0 Å². The molecule has 0 unspecified atom stereocenters. The molecule has 0 aliphatic rings.